The number of hydrogen-bond acceptors (Lipinski definition) is 6. The molecule has 31 heavy (non-hydrogen) atoms. The second-order valence-electron chi connectivity index (χ2n) is 6.79. The number of anilines is 2. The molecule has 0 radical (unpaired) electrons. The van der Waals surface area contributed by atoms with Crippen LogP contribution in [0.5, 0.6) is 5.75 Å². The molecule has 0 unspecified atom stereocenters. The number of nitrogens with two attached hydrogens (primary N) is 1. The van der Waals surface area contributed by atoms with Gasteiger partial charge in [0.2, 0.25) is 0 Å². The van der Waals surface area contributed by atoms with Crippen LogP contribution < -0.4 is 15.4 Å². The molecule has 0 bridgehead atoms. The van der Waals surface area contributed by atoms with Gasteiger partial charge in [0.15, 0.2) is 0 Å². The molecule has 2 heterocycles. The maximum atomic E-state index is 10.6. The van der Waals surface area contributed by atoms with E-state index in [9.17, 15) is 13.2 Å². The van der Waals surface area contributed by atoms with Gasteiger partial charge < -0.3 is 20.5 Å². The van der Waals surface area contributed by atoms with Crippen LogP contribution in [-0.2, 0) is 11.3 Å². The summed E-state index contributed by atoms with van der Waals surface area (Å²) in [5.74, 6) is -1.35. The Bertz CT molecular complexity index is 1090. The van der Waals surface area contributed by atoms with Crippen LogP contribution in [0.3, 0.4) is 0 Å². The van der Waals surface area contributed by atoms with Gasteiger partial charge in [-0.05, 0) is 19.9 Å². The molecular formula is C21H23F3N4O3. The van der Waals surface area contributed by atoms with Crippen molar-refractivity contribution in [3.05, 3.63) is 53.3 Å². The molecule has 2 aromatic heterocycles. The molecule has 0 saturated carbocycles. The maximum absolute atomic E-state index is 10.6. The van der Waals surface area contributed by atoms with Crippen LogP contribution >= 0.6 is 0 Å². The number of methoxy groups -OCH3 is 1. The summed E-state index contributed by atoms with van der Waals surface area (Å²) in [6.45, 7) is 4.71. The van der Waals surface area contributed by atoms with Gasteiger partial charge in [-0.3, -0.25) is 4.98 Å². The standard InChI is InChI=1S/C19H22N4O.C2HF3O2/c1-12-10-21-16(13(2)19(12)24-4)11-23(3)17-9-18(20)22-15-8-6-5-7-14(15)17;3-2(4,5)1(6)7/h5-10H,11H2,1-4H3,(H2,20,22);(H,6,7). The summed E-state index contributed by atoms with van der Waals surface area (Å²) in [6.07, 6.45) is -3.23. The summed E-state index contributed by atoms with van der Waals surface area (Å²) in [5, 5.41) is 8.20. The van der Waals surface area contributed by atoms with E-state index >= 15 is 0 Å². The minimum Gasteiger partial charge on any atom is -0.496 e. The molecule has 7 nitrogen and oxygen atoms in total. The van der Waals surface area contributed by atoms with Gasteiger partial charge in [-0.2, -0.15) is 13.2 Å². The number of carboxylic acid groups (broad SMARTS) is 1. The fourth-order valence-corrected chi connectivity index (χ4v) is 3.03. The summed E-state index contributed by atoms with van der Waals surface area (Å²) < 4.78 is 37.2. The number of benzene rings is 1. The first-order valence-electron chi connectivity index (χ1n) is 9.11. The highest BCUT2D eigenvalue weighted by Gasteiger charge is 2.38. The summed E-state index contributed by atoms with van der Waals surface area (Å²) >= 11 is 0. The van der Waals surface area contributed by atoms with E-state index in [0.29, 0.717) is 12.4 Å². The van der Waals surface area contributed by atoms with Crippen molar-refractivity contribution >= 4 is 28.4 Å². The van der Waals surface area contributed by atoms with Crippen molar-refractivity contribution in [3.63, 3.8) is 0 Å². The number of carboxylic acids is 1. The minimum atomic E-state index is -5.08. The minimum absolute atomic E-state index is 0.515. The Kier molecular flexibility index (Phi) is 7.27. The van der Waals surface area contributed by atoms with Crippen molar-refractivity contribution in [2.45, 2.75) is 26.6 Å². The molecular weight excluding hydrogens is 413 g/mol. The first-order chi connectivity index (χ1) is 14.5. The lowest BCUT2D eigenvalue weighted by Gasteiger charge is -2.23. The number of nitrogen functional groups attached to an aromatic ring is 1. The van der Waals surface area contributed by atoms with Crippen LogP contribution in [0.25, 0.3) is 10.9 Å². The van der Waals surface area contributed by atoms with Crippen molar-refractivity contribution < 1.29 is 27.8 Å². The van der Waals surface area contributed by atoms with Gasteiger partial charge >= 0.3 is 12.1 Å². The lowest BCUT2D eigenvalue weighted by Crippen LogP contribution is -2.21. The molecule has 10 heteroatoms. The van der Waals surface area contributed by atoms with Crippen LogP contribution in [0.2, 0.25) is 0 Å². The maximum Gasteiger partial charge on any atom is 0.490 e. The summed E-state index contributed by atoms with van der Waals surface area (Å²) in [5.41, 5.74) is 11.0. The van der Waals surface area contributed by atoms with E-state index < -0.39 is 12.1 Å². The van der Waals surface area contributed by atoms with E-state index in [1.807, 2.05) is 51.4 Å². The Morgan fingerprint density at radius 3 is 2.45 bits per heavy atom. The van der Waals surface area contributed by atoms with Gasteiger partial charge in [0.25, 0.3) is 0 Å². The van der Waals surface area contributed by atoms with Gasteiger partial charge in [-0.1, -0.05) is 18.2 Å². The fourth-order valence-electron chi connectivity index (χ4n) is 3.03. The molecule has 166 valence electrons. The highest BCUT2D eigenvalue weighted by molar-refractivity contribution is 5.93. The SMILES string of the molecule is COc1c(C)cnc(CN(C)c2cc(N)nc3ccccc23)c1C.O=C(O)C(F)(F)F. The molecule has 0 amide bonds. The first-order valence-corrected chi connectivity index (χ1v) is 9.11. The average molecular weight is 436 g/mol. The lowest BCUT2D eigenvalue weighted by atomic mass is 10.1. The van der Waals surface area contributed by atoms with E-state index in [1.54, 1.807) is 7.11 Å². The summed E-state index contributed by atoms with van der Waals surface area (Å²) in [7, 11) is 3.73. The third-order valence-electron chi connectivity index (χ3n) is 4.50. The van der Waals surface area contributed by atoms with Crippen LogP contribution in [0.1, 0.15) is 16.8 Å². The quantitative estimate of drug-likeness (QED) is 0.635. The highest BCUT2D eigenvalue weighted by Crippen LogP contribution is 2.30. The number of ether oxygens (including phenoxy) is 1. The number of aromatic nitrogens is 2. The van der Waals surface area contributed by atoms with Gasteiger partial charge in [-0.25, -0.2) is 9.78 Å². The Balaban J connectivity index is 0.000000423. The number of aliphatic carboxylic acids is 1. The number of fused-ring (bicyclic) bond motifs is 1. The van der Waals surface area contributed by atoms with Gasteiger partial charge in [0.05, 0.1) is 24.9 Å². The molecule has 0 atom stereocenters. The molecule has 3 aromatic rings. The van der Waals surface area contributed by atoms with Gasteiger partial charge in [0.1, 0.15) is 11.6 Å². The third kappa shape index (κ3) is 5.74. The first kappa shape index (κ1) is 23.7. The fraction of sp³-hybridized carbons (Fsp3) is 0.286. The summed E-state index contributed by atoms with van der Waals surface area (Å²) in [4.78, 5) is 20.0. The molecule has 3 N–H and O–H groups in total. The second-order valence-corrected chi connectivity index (χ2v) is 6.79. The smallest absolute Gasteiger partial charge is 0.490 e. The van der Waals surface area contributed by atoms with E-state index in [4.69, 9.17) is 20.4 Å². The topological polar surface area (TPSA) is 102 Å². The predicted octanol–water partition coefficient (Wildman–Crippen LogP) is 4.11. The van der Waals surface area contributed by atoms with Crippen LogP contribution in [-0.4, -0.2) is 41.4 Å². The van der Waals surface area contributed by atoms with Crippen molar-refractivity contribution in [1.29, 1.82) is 0 Å². The average Bonchev–Trinajstić information content (AvgIpc) is 2.69. The van der Waals surface area contributed by atoms with Gasteiger partial charge in [0, 0.05) is 41.5 Å². The Hall–Kier alpha value is -3.56. The van der Waals surface area contributed by atoms with Crippen LogP contribution in [0.15, 0.2) is 36.5 Å². The van der Waals surface area contributed by atoms with Crippen LogP contribution in [0.4, 0.5) is 24.7 Å². The number of nitrogens with zero attached hydrogens (tertiary/aromatic N) is 3. The van der Waals surface area contributed by atoms with E-state index in [2.05, 4.69) is 20.9 Å². The highest BCUT2D eigenvalue weighted by atomic mass is 19.4. The molecule has 0 spiro atoms. The van der Waals surface area contributed by atoms with E-state index in [-0.39, 0.29) is 0 Å². The number of halogens is 3. The zero-order valence-electron chi connectivity index (χ0n) is 17.5. The number of pyridine rings is 2. The number of alkyl halides is 3. The molecule has 0 fully saturated rings. The third-order valence-corrected chi connectivity index (χ3v) is 4.50. The summed E-state index contributed by atoms with van der Waals surface area (Å²) in [6, 6.07) is 9.92. The Labute approximate surface area is 177 Å². The molecule has 0 aliphatic carbocycles. The number of rotatable bonds is 4. The monoisotopic (exact) mass is 436 g/mol. The number of para-hydroxylation sites is 1. The molecule has 3 rings (SSSR count). The Morgan fingerprint density at radius 2 is 1.87 bits per heavy atom. The molecule has 0 aliphatic rings. The largest absolute Gasteiger partial charge is 0.496 e. The van der Waals surface area contributed by atoms with Gasteiger partial charge in [-0.15, -0.1) is 0 Å². The predicted molar refractivity (Wildman–Crippen MR) is 112 cm³/mol. The van der Waals surface area contributed by atoms with Crippen molar-refractivity contribution in [3.8, 4) is 5.75 Å². The van der Waals surface area contributed by atoms with Crippen LogP contribution in [0, 0.1) is 13.8 Å². The number of hydrogen-bond donors (Lipinski definition) is 2. The molecule has 0 aliphatic heterocycles. The molecule has 0 saturated heterocycles. The second kappa shape index (κ2) is 9.50. The normalized spacial score (nSPS) is 10.9. The number of aryl methyl sites for hydroxylation is 1. The van der Waals surface area contributed by atoms with Crippen molar-refractivity contribution in [2.24, 2.45) is 0 Å². The Morgan fingerprint density at radius 1 is 1.26 bits per heavy atom. The number of carbonyl (C=O) groups is 1. The van der Waals surface area contributed by atoms with Crippen molar-refractivity contribution in [1.82, 2.24) is 9.97 Å². The van der Waals surface area contributed by atoms with E-state index in [1.165, 1.54) is 0 Å². The zero-order chi connectivity index (χ0) is 23.3. The lowest BCUT2D eigenvalue weighted by molar-refractivity contribution is -0.192. The molecule has 1 aromatic carbocycles. The van der Waals surface area contributed by atoms with E-state index in [0.717, 1.165) is 39.2 Å². The van der Waals surface area contributed by atoms with Crippen molar-refractivity contribution in [2.75, 3.05) is 24.8 Å². The zero-order valence-corrected chi connectivity index (χ0v) is 17.5.